The van der Waals surface area contributed by atoms with Gasteiger partial charge in [-0.1, -0.05) is 19.1 Å². The third kappa shape index (κ3) is 3.96. The van der Waals surface area contributed by atoms with Gasteiger partial charge < -0.3 is 24.5 Å². The smallest absolute Gasteiger partial charge is 0.229 e. The van der Waals surface area contributed by atoms with Crippen LogP contribution in [0.25, 0.3) is 0 Å². The number of benzene rings is 1. The van der Waals surface area contributed by atoms with Gasteiger partial charge in [0, 0.05) is 13.1 Å². The average molecular weight is 330 g/mol. The van der Waals surface area contributed by atoms with Crippen molar-refractivity contribution >= 4 is 17.3 Å². The molecule has 0 saturated heterocycles. The number of hydrogen-bond donors (Lipinski definition) is 2. The molecule has 1 aliphatic heterocycles. The summed E-state index contributed by atoms with van der Waals surface area (Å²) in [5.74, 6) is 0.563. The van der Waals surface area contributed by atoms with Crippen LogP contribution in [0.3, 0.4) is 0 Å². The van der Waals surface area contributed by atoms with Gasteiger partial charge in [-0.05, 0) is 24.3 Å². The van der Waals surface area contributed by atoms with Crippen LogP contribution >= 0.6 is 0 Å². The van der Waals surface area contributed by atoms with Gasteiger partial charge in [-0.3, -0.25) is 4.79 Å². The summed E-state index contributed by atoms with van der Waals surface area (Å²) in [7, 11) is 0. The molecule has 6 nitrogen and oxygen atoms in total. The van der Waals surface area contributed by atoms with Crippen molar-refractivity contribution < 1.29 is 19.1 Å². The Morgan fingerprint density at radius 1 is 1.38 bits per heavy atom. The number of rotatable bonds is 6. The summed E-state index contributed by atoms with van der Waals surface area (Å²) in [6, 6.07) is 11.3. The molecule has 3 rings (SSSR count). The van der Waals surface area contributed by atoms with Gasteiger partial charge >= 0.3 is 0 Å². The monoisotopic (exact) mass is 330 g/mol. The van der Waals surface area contributed by atoms with Crippen LogP contribution in [-0.2, 0) is 16.1 Å². The number of nitrogens with one attached hydrogen (secondary N) is 1. The highest BCUT2D eigenvalue weighted by atomic mass is 16.5. The first-order valence-electron chi connectivity index (χ1n) is 8.06. The average Bonchev–Trinajstić information content (AvgIpc) is 3.04. The van der Waals surface area contributed by atoms with E-state index in [0.717, 1.165) is 17.1 Å². The summed E-state index contributed by atoms with van der Waals surface area (Å²) in [5, 5.41) is 13.2. The molecule has 128 valence electrons. The first kappa shape index (κ1) is 16.5. The van der Waals surface area contributed by atoms with Crippen molar-refractivity contribution in [2.24, 2.45) is 5.92 Å². The quantitative estimate of drug-likeness (QED) is 0.850. The lowest BCUT2D eigenvalue weighted by molar-refractivity contribution is -0.119. The van der Waals surface area contributed by atoms with Crippen molar-refractivity contribution in [3.05, 3.63) is 48.4 Å². The third-order valence-corrected chi connectivity index (χ3v) is 4.01. The summed E-state index contributed by atoms with van der Waals surface area (Å²) in [5.41, 5.74) is 1.69. The number of carbonyl (C=O) groups is 1. The summed E-state index contributed by atoms with van der Waals surface area (Å²) >= 11 is 0. The van der Waals surface area contributed by atoms with Crippen LogP contribution in [0.4, 0.5) is 11.4 Å². The van der Waals surface area contributed by atoms with Crippen molar-refractivity contribution in [2.45, 2.75) is 19.6 Å². The second kappa shape index (κ2) is 7.51. The second-order valence-corrected chi connectivity index (χ2v) is 6.06. The summed E-state index contributed by atoms with van der Waals surface area (Å²) in [6.07, 6.45) is 0.933. The molecule has 6 heteroatoms. The van der Waals surface area contributed by atoms with Crippen molar-refractivity contribution in [3.8, 4) is 0 Å². The number of aliphatic hydroxyl groups excluding tert-OH is 1. The Morgan fingerprint density at radius 2 is 2.21 bits per heavy atom. The number of carbonyl (C=O) groups excluding carboxylic acids is 1. The van der Waals surface area contributed by atoms with Crippen LogP contribution in [0.2, 0.25) is 0 Å². The molecule has 0 fully saturated rings. The Kier molecular flexibility index (Phi) is 5.17. The van der Waals surface area contributed by atoms with Crippen LogP contribution in [0, 0.1) is 5.92 Å². The molecule has 1 aromatic carbocycles. The fourth-order valence-corrected chi connectivity index (χ4v) is 2.79. The molecule has 1 aliphatic rings. The molecule has 2 heterocycles. The van der Waals surface area contributed by atoms with Gasteiger partial charge in [0.2, 0.25) is 5.91 Å². The standard InChI is InChI=1S/C18H22N2O4/c1-13-9-20(17-7-3-2-6-16(17)19-18(13)22)10-14(21)11-23-12-15-5-4-8-24-15/h2-8,13-14,21H,9-12H2,1H3,(H,19,22). The number of anilines is 2. The molecule has 0 spiro atoms. The molecule has 0 saturated carbocycles. The summed E-state index contributed by atoms with van der Waals surface area (Å²) < 4.78 is 10.7. The van der Waals surface area contributed by atoms with Crippen molar-refractivity contribution in [3.63, 3.8) is 0 Å². The minimum absolute atomic E-state index is 0.00601. The molecule has 2 N–H and O–H groups in total. The zero-order valence-electron chi connectivity index (χ0n) is 13.6. The molecule has 0 bridgehead atoms. The van der Waals surface area contributed by atoms with E-state index in [1.165, 1.54) is 0 Å². The van der Waals surface area contributed by atoms with Crippen LogP contribution in [0.15, 0.2) is 47.1 Å². The highest BCUT2D eigenvalue weighted by molar-refractivity contribution is 5.97. The minimum atomic E-state index is -0.659. The number of hydrogen-bond acceptors (Lipinski definition) is 5. The number of aliphatic hydroxyl groups is 1. The first-order chi connectivity index (χ1) is 11.6. The fourth-order valence-electron chi connectivity index (χ4n) is 2.79. The van der Waals surface area contributed by atoms with Gasteiger partial charge in [0.15, 0.2) is 0 Å². The number of nitrogens with zero attached hydrogens (tertiary/aromatic N) is 1. The number of fused-ring (bicyclic) bond motifs is 1. The van der Waals surface area contributed by atoms with Gasteiger partial charge in [-0.15, -0.1) is 0 Å². The van der Waals surface area contributed by atoms with Crippen molar-refractivity contribution in [1.29, 1.82) is 0 Å². The molecule has 1 amide bonds. The number of β-amino-alcohol motifs (C(OH)–C–C–N with tert-alkyl or cyclic N) is 1. The second-order valence-electron chi connectivity index (χ2n) is 6.06. The van der Waals surface area contributed by atoms with Crippen LogP contribution < -0.4 is 10.2 Å². The highest BCUT2D eigenvalue weighted by Crippen LogP contribution is 2.29. The molecule has 2 aromatic rings. The third-order valence-electron chi connectivity index (χ3n) is 4.01. The molecule has 0 radical (unpaired) electrons. The Morgan fingerprint density at radius 3 is 3.00 bits per heavy atom. The number of para-hydroxylation sites is 2. The van der Waals surface area contributed by atoms with E-state index in [1.807, 2.05) is 42.2 Å². The lowest BCUT2D eigenvalue weighted by Crippen LogP contribution is -2.38. The first-order valence-corrected chi connectivity index (χ1v) is 8.06. The zero-order valence-corrected chi connectivity index (χ0v) is 13.6. The van der Waals surface area contributed by atoms with Crippen LogP contribution in [0.1, 0.15) is 12.7 Å². The summed E-state index contributed by atoms with van der Waals surface area (Å²) in [4.78, 5) is 14.1. The van der Waals surface area contributed by atoms with Crippen LogP contribution in [-0.4, -0.2) is 36.8 Å². The topological polar surface area (TPSA) is 74.9 Å². The molecule has 1 aromatic heterocycles. The van der Waals surface area contributed by atoms with E-state index in [4.69, 9.17) is 9.15 Å². The molecule has 24 heavy (non-hydrogen) atoms. The predicted octanol–water partition coefficient (Wildman–Crippen LogP) is 2.25. The largest absolute Gasteiger partial charge is 0.467 e. The van der Waals surface area contributed by atoms with Crippen molar-refractivity contribution in [2.75, 3.05) is 29.9 Å². The van der Waals surface area contributed by atoms with E-state index in [0.29, 0.717) is 19.7 Å². The van der Waals surface area contributed by atoms with Crippen molar-refractivity contribution in [1.82, 2.24) is 0 Å². The van der Waals surface area contributed by atoms with Gasteiger partial charge in [0.25, 0.3) is 0 Å². The maximum absolute atomic E-state index is 12.1. The van der Waals surface area contributed by atoms with E-state index < -0.39 is 6.10 Å². The normalized spacial score (nSPS) is 18.7. The molecular weight excluding hydrogens is 308 g/mol. The molecule has 2 atom stereocenters. The molecule has 0 aliphatic carbocycles. The van der Waals surface area contributed by atoms with E-state index in [1.54, 1.807) is 12.3 Å². The van der Waals surface area contributed by atoms with E-state index in [9.17, 15) is 9.90 Å². The Hall–Kier alpha value is -2.31. The van der Waals surface area contributed by atoms with E-state index in [-0.39, 0.29) is 18.4 Å². The molecular formula is C18H22N2O4. The predicted molar refractivity (Wildman–Crippen MR) is 90.8 cm³/mol. The Balaban J connectivity index is 1.61. The van der Waals surface area contributed by atoms with Gasteiger partial charge in [0.05, 0.1) is 36.3 Å². The number of furan rings is 1. The highest BCUT2D eigenvalue weighted by Gasteiger charge is 2.25. The molecule has 2 unspecified atom stereocenters. The lowest BCUT2D eigenvalue weighted by atomic mass is 10.1. The van der Waals surface area contributed by atoms with E-state index in [2.05, 4.69) is 5.32 Å². The number of amides is 1. The van der Waals surface area contributed by atoms with E-state index >= 15 is 0 Å². The maximum Gasteiger partial charge on any atom is 0.229 e. The summed E-state index contributed by atoms with van der Waals surface area (Å²) in [6.45, 7) is 3.37. The van der Waals surface area contributed by atoms with Gasteiger partial charge in [-0.25, -0.2) is 0 Å². The Bertz CT molecular complexity index is 671. The number of ether oxygens (including phenoxy) is 1. The fraction of sp³-hybridized carbons (Fsp3) is 0.389. The van der Waals surface area contributed by atoms with Gasteiger partial charge in [0.1, 0.15) is 12.4 Å². The SMILES string of the molecule is CC1CN(CC(O)COCc2ccco2)c2ccccc2NC1=O. The van der Waals surface area contributed by atoms with Crippen LogP contribution in [0.5, 0.6) is 0 Å². The maximum atomic E-state index is 12.1. The minimum Gasteiger partial charge on any atom is -0.467 e. The Labute approximate surface area is 141 Å². The van der Waals surface area contributed by atoms with Gasteiger partial charge in [-0.2, -0.15) is 0 Å². The zero-order chi connectivity index (χ0) is 16.9. The lowest BCUT2D eigenvalue weighted by Gasteiger charge is -2.27.